The third-order valence-electron chi connectivity index (χ3n) is 4.12. The molecule has 0 saturated carbocycles. The molecule has 0 N–H and O–H groups in total. The van der Waals surface area contributed by atoms with E-state index in [4.69, 9.17) is 16.0 Å². The number of carbonyl (C=O) groups is 1. The molecule has 0 fully saturated rings. The maximum Gasteiger partial charge on any atom is 0.256 e. The van der Waals surface area contributed by atoms with Gasteiger partial charge in [0, 0.05) is 17.8 Å². The summed E-state index contributed by atoms with van der Waals surface area (Å²) in [4.78, 5) is 18.7. The minimum absolute atomic E-state index is 0.102. The molecule has 3 heterocycles. The van der Waals surface area contributed by atoms with Crippen LogP contribution >= 0.6 is 11.6 Å². The normalized spacial score (nSPS) is 14.6. The zero-order valence-electron chi connectivity index (χ0n) is 13.8. The first-order chi connectivity index (χ1) is 12.5. The molecule has 3 aromatic rings. The summed E-state index contributed by atoms with van der Waals surface area (Å²) in [5.41, 5.74) is 2.59. The number of aromatic nitrogens is 3. The molecule has 4 rings (SSSR count). The molecule has 1 amide bonds. The lowest BCUT2D eigenvalue weighted by Gasteiger charge is -2.15. The summed E-state index contributed by atoms with van der Waals surface area (Å²) in [5.74, 6) is -0.0942. The van der Waals surface area contributed by atoms with Gasteiger partial charge in [-0.3, -0.25) is 9.78 Å². The lowest BCUT2D eigenvalue weighted by atomic mass is 10.1. The number of benzene rings is 1. The standard InChI is InChI=1S/C18H14ClFN4O2/c1-10(20)16-22-23-17(26-16)12-6-14-15(21-7-12)9-24(18(14)25)8-11-3-2-4-13(19)5-11/h2-7,10H,8-9H2,1H3. The number of nitrogens with zero attached hydrogens (tertiary/aromatic N) is 4. The number of carbonyl (C=O) groups excluding carboxylic acids is 1. The third-order valence-corrected chi connectivity index (χ3v) is 4.35. The second-order valence-corrected chi connectivity index (χ2v) is 6.51. The molecule has 0 spiro atoms. The number of hydrogen-bond acceptors (Lipinski definition) is 5. The van der Waals surface area contributed by atoms with E-state index in [-0.39, 0.29) is 17.7 Å². The van der Waals surface area contributed by atoms with Crippen molar-refractivity contribution < 1.29 is 13.6 Å². The predicted molar refractivity (Wildman–Crippen MR) is 92.1 cm³/mol. The van der Waals surface area contributed by atoms with Crippen molar-refractivity contribution in [1.82, 2.24) is 20.1 Å². The molecule has 0 saturated heterocycles. The van der Waals surface area contributed by atoms with Crippen molar-refractivity contribution >= 4 is 17.5 Å². The van der Waals surface area contributed by atoms with Crippen LogP contribution in [0.2, 0.25) is 5.02 Å². The van der Waals surface area contributed by atoms with E-state index in [1.165, 1.54) is 6.92 Å². The van der Waals surface area contributed by atoms with Gasteiger partial charge in [-0.15, -0.1) is 10.2 Å². The molecule has 0 radical (unpaired) electrons. The van der Waals surface area contributed by atoms with Crippen LogP contribution in [0.25, 0.3) is 11.5 Å². The average Bonchev–Trinajstić information content (AvgIpc) is 3.21. The Hall–Kier alpha value is -2.80. The van der Waals surface area contributed by atoms with E-state index in [9.17, 15) is 9.18 Å². The zero-order valence-corrected chi connectivity index (χ0v) is 14.6. The van der Waals surface area contributed by atoms with Crippen molar-refractivity contribution in [3.05, 3.63) is 64.3 Å². The van der Waals surface area contributed by atoms with Crippen molar-refractivity contribution in [2.24, 2.45) is 0 Å². The van der Waals surface area contributed by atoms with E-state index in [0.717, 1.165) is 5.56 Å². The highest BCUT2D eigenvalue weighted by Crippen LogP contribution is 2.28. The first-order valence-electron chi connectivity index (χ1n) is 8.02. The number of rotatable bonds is 4. The highest BCUT2D eigenvalue weighted by Gasteiger charge is 2.29. The lowest BCUT2D eigenvalue weighted by Crippen LogP contribution is -2.23. The second kappa shape index (κ2) is 6.49. The topological polar surface area (TPSA) is 72.1 Å². The van der Waals surface area contributed by atoms with Gasteiger partial charge in [0.25, 0.3) is 11.8 Å². The van der Waals surface area contributed by atoms with E-state index in [2.05, 4.69) is 15.2 Å². The van der Waals surface area contributed by atoms with Gasteiger partial charge in [-0.05, 0) is 30.7 Å². The Labute approximate surface area is 153 Å². The fourth-order valence-electron chi connectivity index (χ4n) is 2.84. The molecule has 26 heavy (non-hydrogen) atoms. The maximum absolute atomic E-state index is 13.2. The molecule has 132 valence electrons. The van der Waals surface area contributed by atoms with Gasteiger partial charge in [-0.2, -0.15) is 0 Å². The van der Waals surface area contributed by atoms with Crippen LogP contribution in [-0.2, 0) is 13.1 Å². The number of alkyl halides is 1. The smallest absolute Gasteiger partial charge is 0.256 e. The number of fused-ring (bicyclic) bond motifs is 1. The molecule has 1 aliphatic rings. The summed E-state index contributed by atoms with van der Waals surface area (Å²) < 4.78 is 18.5. The molecule has 1 aliphatic heterocycles. The Kier molecular flexibility index (Phi) is 4.16. The van der Waals surface area contributed by atoms with Crippen molar-refractivity contribution in [3.8, 4) is 11.5 Å². The molecule has 0 aliphatic carbocycles. The summed E-state index contributed by atoms with van der Waals surface area (Å²) in [6.07, 6.45) is 0.198. The summed E-state index contributed by atoms with van der Waals surface area (Å²) in [5, 5.41) is 8.10. The summed E-state index contributed by atoms with van der Waals surface area (Å²) in [6, 6.07) is 9.04. The van der Waals surface area contributed by atoms with Gasteiger partial charge in [-0.25, -0.2) is 4.39 Å². The Balaban J connectivity index is 1.58. The van der Waals surface area contributed by atoms with Gasteiger partial charge in [0.1, 0.15) is 0 Å². The number of pyridine rings is 1. The quantitative estimate of drug-likeness (QED) is 0.692. The second-order valence-electron chi connectivity index (χ2n) is 6.07. The predicted octanol–water partition coefficient (Wildman–Crippen LogP) is 3.97. The molecule has 1 atom stereocenters. The fraction of sp³-hybridized carbons (Fsp3) is 0.222. The Morgan fingerprint density at radius 3 is 2.92 bits per heavy atom. The first kappa shape index (κ1) is 16.7. The lowest BCUT2D eigenvalue weighted by molar-refractivity contribution is 0.0766. The Morgan fingerprint density at radius 1 is 1.35 bits per heavy atom. The van der Waals surface area contributed by atoms with E-state index in [0.29, 0.717) is 34.9 Å². The van der Waals surface area contributed by atoms with E-state index in [1.807, 2.05) is 18.2 Å². The SMILES string of the molecule is CC(F)c1nnc(-c2cnc3c(c2)C(=O)N(Cc2cccc(Cl)c2)C3)o1. The van der Waals surface area contributed by atoms with Crippen LogP contribution in [0.1, 0.15) is 40.6 Å². The van der Waals surface area contributed by atoms with E-state index < -0.39 is 6.17 Å². The molecule has 1 unspecified atom stereocenters. The minimum Gasteiger partial charge on any atom is -0.417 e. The highest BCUT2D eigenvalue weighted by molar-refractivity contribution is 6.30. The van der Waals surface area contributed by atoms with E-state index in [1.54, 1.807) is 23.2 Å². The van der Waals surface area contributed by atoms with Gasteiger partial charge in [-0.1, -0.05) is 23.7 Å². The van der Waals surface area contributed by atoms with Gasteiger partial charge in [0.2, 0.25) is 5.89 Å². The highest BCUT2D eigenvalue weighted by atomic mass is 35.5. The maximum atomic E-state index is 13.2. The van der Waals surface area contributed by atoms with Gasteiger partial charge in [0.15, 0.2) is 6.17 Å². The van der Waals surface area contributed by atoms with Crippen molar-refractivity contribution in [3.63, 3.8) is 0 Å². The minimum atomic E-state index is -1.35. The molecule has 2 aromatic heterocycles. The molecule has 6 nitrogen and oxygen atoms in total. The van der Waals surface area contributed by atoms with Crippen molar-refractivity contribution in [2.45, 2.75) is 26.2 Å². The largest absolute Gasteiger partial charge is 0.417 e. The van der Waals surface area contributed by atoms with Crippen LogP contribution in [0.3, 0.4) is 0 Å². The average molecular weight is 373 g/mol. The molecule has 8 heteroatoms. The van der Waals surface area contributed by atoms with Crippen molar-refractivity contribution in [1.29, 1.82) is 0 Å². The monoisotopic (exact) mass is 372 g/mol. The first-order valence-corrected chi connectivity index (χ1v) is 8.39. The van der Waals surface area contributed by atoms with Crippen LogP contribution in [0.5, 0.6) is 0 Å². The summed E-state index contributed by atoms with van der Waals surface area (Å²) in [7, 11) is 0. The number of halogens is 2. The molecular weight excluding hydrogens is 359 g/mol. The van der Waals surface area contributed by atoms with Crippen LogP contribution in [0.4, 0.5) is 4.39 Å². The van der Waals surface area contributed by atoms with Gasteiger partial charge in [0.05, 0.1) is 23.4 Å². The van der Waals surface area contributed by atoms with Gasteiger partial charge < -0.3 is 9.32 Å². The van der Waals surface area contributed by atoms with Crippen LogP contribution in [0.15, 0.2) is 40.9 Å². The van der Waals surface area contributed by atoms with E-state index >= 15 is 0 Å². The molecule has 1 aromatic carbocycles. The van der Waals surface area contributed by atoms with Crippen molar-refractivity contribution in [2.75, 3.05) is 0 Å². The summed E-state index contributed by atoms with van der Waals surface area (Å²) in [6.45, 7) is 2.17. The summed E-state index contributed by atoms with van der Waals surface area (Å²) >= 11 is 6.00. The third kappa shape index (κ3) is 3.06. The number of hydrogen-bond donors (Lipinski definition) is 0. The number of amides is 1. The Bertz CT molecular complexity index is 989. The zero-order chi connectivity index (χ0) is 18.3. The van der Waals surface area contributed by atoms with Crippen LogP contribution in [0, 0.1) is 0 Å². The molecule has 0 bridgehead atoms. The van der Waals surface area contributed by atoms with Crippen LogP contribution in [-0.4, -0.2) is 26.0 Å². The molecular formula is C18H14ClFN4O2. The fourth-order valence-corrected chi connectivity index (χ4v) is 3.05. The Morgan fingerprint density at radius 2 is 2.19 bits per heavy atom. The van der Waals surface area contributed by atoms with Crippen LogP contribution < -0.4 is 0 Å². The van der Waals surface area contributed by atoms with Gasteiger partial charge >= 0.3 is 0 Å².